The molecule has 1 amide bonds. The van der Waals surface area contributed by atoms with Gasteiger partial charge >= 0.3 is 0 Å². The van der Waals surface area contributed by atoms with Crippen molar-refractivity contribution in [2.75, 3.05) is 32.6 Å². The van der Waals surface area contributed by atoms with Gasteiger partial charge in [0.15, 0.2) is 0 Å². The minimum Gasteiger partial charge on any atom is -0.379 e. The van der Waals surface area contributed by atoms with Crippen LogP contribution in [0.1, 0.15) is 16.2 Å². The van der Waals surface area contributed by atoms with Crippen molar-refractivity contribution in [1.82, 2.24) is 15.1 Å². The first-order valence-corrected chi connectivity index (χ1v) is 5.90. The Morgan fingerprint density at radius 3 is 3.00 bits per heavy atom. The molecule has 1 aliphatic heterocycles. The maximum absolute atomic E-state index is 12.0. The van der Waals surface area contributed by atoms with Crippen LogP contribution in [0.15, 0.2) is 0 Å². The summed E-state index contributed by atoms with van der Waals surface area (Å²) in [6, 6.07) is 0.162. The molecule has 0 aliphatic carbocycles. The average Bonchev–Trinajstić information content (AvgIpc) is 2.97. The monoisotopic (exact) mass is 242 g/mol. The largest absolute Gasteiger partial charge is 0.379 e. The summed E-state index contributed by atoms with van der Waals surface area (Å²) >= 11 is 1.26. The number of hydrogen-bond acceptors (Lipinski definition) is 6. The normalized spacial score (nSPS) is 19.8. The molecule has 2 rings (SSSR count). The number of aromatic nitrogens is 2. The van der Waals surface area contributed by atoms with Crippen LogP contribution in [-0.2, 0) is 4.74 Å². The number of hydrogen-bond donors (Lipinski definition) is 1. The number of likely N-dealkylation sites (N-methyl/N-ethyl adjacent to an activating group) is 1. The number of nitrogens with one attached hydrogen (secondary N) is 1. The lowest BCUT2D eigenvalue weighted by Gasteiger charge is -2.21. The van der Waals surface area contributed by atoms with Crippen molar-refractivity contribution >= 4 is 22.4 Å². The number of amides is 1. The van der Waals surface area contributed by atoms with Crippen LogP contribution in [0, 0.1) is 0 Å². The van der Waals surface area contributed by atoms with Gasteiger partial charge in [0.25, 0.3) is 5.91 Å². The molecule has 1 unspecified atom stereocenters. The minimum atomic E-state index is -0.0884. The van der Waals surface area contributed by atoms with Crippen molar-refractivity contribution in [3.05, 3.63) is 5.01 Å². The van der Waals surface area contributed by atoms with Gasteiger partial charge in [-0.3, -0.25) is 4.79 Å². The van der Waals surface area contributed by atoms with Crippen molar-refractivity contribution < 1.29 is 9.53 Å². The van der Waals surface area contributed by atoms with E-state index in [9.17, 15) is 4.79 Å². The molecule has 1 aromatic heterocycles. The highest BCUT2D eigenvalue weighted by Gasteiger charge is 2.26. The first-order valence-electron chi connectivity index (χ1n) is 5.08. The fourth-order valence-electron chi connectivity index (χ4n) is 1.55. The number of ether oxygens (including phenoxy) is 1. The minimum absolute atomic E-state index is 0.0884. The van der Waals surface area contributed by atoms with Gasteiger partial charge in [0.05, 0.1) is 12.6 Å². The number of carbonyl (C=O) groups is 1. The molecule has 1 atom stereocenters. The van der Waals surface area contributed by atoms with E-state index in [1.807, 2.05) is 0 Å². The summed E-state index contributed by atoms with van der Waals surface area (Å²) in [6.45, 7) is 1.33. The van der Waals surface area contributed by atoms with Crippen molar-refractivity contribution in [2.45, 2.75) is 12.5 Å². The highest BCUT2D eigenvalue weighted by Crippen LogP contribution is 2.18. The zero-order valence-corrected chi connectivity index (χ0v) is 10.1. The van der Waals surface area contributed by atoms with Crippen LogP contribution in [0.5, 0.6) is 0 Å². The molecule has 0 spiro atoms. The molecular formula is C9H14N4O2S. The molecule has 1 aliphatic rings. The maximum Gasteiger partial charge on any atom is 0.284 e. The first kappa shape index (κ1) is 11.3. The van der Waals surface area contributed by atoms with E-state index >= 15 is 0 Å². The molecule has 16 heavy (non-hydrogen) atoms. The Balaban J connectivity index is 2.05. The molecule has 1 aromatic rings. The zero-order chi connectivity index (χ0) is 11.5. The second-order valence-electron chi connectivity index (χ2n) is 3.60. The first-order chi connectivity index (χ1) is 7.72. The average molecular weight is 242 g/mol. The van der Waals surface area contributed by atoms with Gasteiger partial charge in [-0.1, -0.05) is 11.3 Å². The zero-order valence-electron chi connectivity index (χ0n) is 9.27. The van der Waals surface area contributed by atoms with Gasteiger partial charge in [-0.05, 0) is 6.42 Å². The second-order valence-corrected chi connectivity index (χ2v) is 4.57. The Hall–Kier alpha value is -1.21. The SMILES string of the molecule is CNc1nnc(C(=O)N(C)C2CCOC2)s1. The molecule has 7 heteroatoms. The molecule has 1 fully saturated rings. The molecule has 6 nitrogen and oxygen atoms in total. The number of nitrogens with zero attached hydrogens (tertiary/aromatic N) is 3. The van der Waals surface area contributed by atoms with Crippen molar-refractivity contribution in [3.8, 4) is 0 Å². The van der Waals surface area contributed by atoms with E-state index in [4.69, 9.17) is 4.74 Å². The van der Waals surface area contributed by atoms with Crippen LogP contribution >= 0.6 is 11.3 Å². The fraction of sp³-hybridized carbons (Fsp3) is 0.667. The molecule has 1 N–H and O–H groups in total. The number of rotatable bonds is 3. The molecule has 0 radical (unpaired) electrons. The summed E-state index contributed by atoms with van der Waals surface area (Å²) in [4.78, 5) is 13.7. The lowest BCUT2D eigenvalue weighted by Crippen LogP contribution is -2.37. The third kappa shape index (κ3) is 2.14. The summed E-state index contributed by atoms with van der Waals surface area (Å²) in [5.74, 6) is -0.0884. The summed E-state index contributed by atoms with van der Waals surface area (Å²) in [7, 11) is 3.53. The fourth-order valence-corrected chi connectivity index (χ4v) is 2.23. The van der Waals surface area contributed by atoms with Gasteiger partial charge in [0, 0.05) is 20.7 Å². The molecule has 0 saturated carbocycles. The van der Waals surface area contributed by atoms with Gasteiger partial charge in [0.1, 0.15) is 0 Å². The maximum atomic E-state index is 12.0. The van der Waals surface area contributed by atoms with Crippen LogP contribution in [0.4, 0.5) is 5.13 Å². The van der Waals surface area contributed by atoms with Gasteiger partial charge in [-0.15, -0.1) is 10.2 Å². The van der Waals surface area contributed by atoms with E-state index in [1.54, 1.807) is 19.0 Å². The number of carbonyl (C=O) groups excluding carboxylic acids is 1. The van der Waals surface area contributed by atoms with Gasteiger partial charge in [0.2, 0.25) is 10.1 Å². The van der Waals surface area contributed by atoms with Crippen molar-refractivity contribution in [3.63, 3.8) is 0 Å². The van der Waals surface area contributed by atoms with Gasteiger partial charge in [-0.2, -0.15) is 0 Å². The summed E-state index contributed by atoms with van der Waals surface area (Å²) in [6.07, 6.45) is 0.889. The molecule has 0 aromatic carbocycles. The predicted octanol–water partition coefficient (Wildman–Crippen LogP) is 0.441. The highest BCUT2D eigenvalue weighted by molar-refractivity contribution is 7.17. The van der Waals surface area contributed by atoms with Crippen molar-refractivity contribution in [1.29, 1.82) is 0 Å². The molecule has 1 saturated heterocycles. The van der Waals surface area contributed by atoms with Crippen LogP contribution in [0.25, 0.3) is 0 Å². The summed E-state index contributed by atoms with van der Waals surface area (Å²) in [5, 5.41) is 11.6. The quantitative estimate of drug-likeness (QED) is 0.833. The van der Waals surface area contributed by atoms with Crippen LogP contribution in [0.3, 0.4) is 0 Å². The topological polar surface area (TPSA) is 67.4 Å². The molecule has 88 valence electrons. The summed E-state index contributed by atoms with van der Waals surface area (Å²) < 4.78 is 5.25. The lowest BCUT2D eigenvalue weighted by molar-refractivity contribution is 0.0710. The van der Waals surface area contributed by atoms with E-state index in [0.29, 0.717) is 16.7 Å². The lowest BCUT2D eigenvalue weighted by atomic mass is 10.2. The second kappa shape index (κ2) is 4.75. The Morgan fingerprint density at radius 1 is 1.62 bits per heavy atom. The van der Waals surface area contributed by atoms with E-state index in [-0.39, 0.29) is 11.9 Å². The van der Waals surface area contributed by atoms with E-state index in [1.165, 1.54) is 11.3 Å². The summed E-state index contributed by atoms with van der Waals surface area (Å²) in [5.41, 5.74) is 0. The van der Waals surface area contributed by atoms with Crippen molar-refractivity contribution in [2.24, 2.45) is 0 Å². The van der Waals surface area contributed by atoms with E-state index < -0.39 is 0 Å². The Kier molecular flexibility index (Phi) is 3.35. The molecule has 0 bridgehead atoms. The third-order valence-electron chi connectivity index (χ3n) is 2.60. The Morgan fingerprint density at radius 2 is 2.44 bits per heavy atom. The third-order valence-corrected chi connectivity index (χ3v) is 3.52. The van der Waals surface area contributed by atoms with Gasteiger partial charge < -0.3 is 15.0 Å². The standard InChI is InChI=1S/C9H14N4O2S/c1-10-9-12-11-7(16-9)8(14)13(2)6-3-4-15-5-6/h6H,3-5H2,1-2H3,(H,10,12). The molecule has 2 heterocycles. The van der Waals surface area contributed by atoms with Crippen LogP contribution in [-0.4, -0.2) is 54.4 Å². The van der Waals surface area contributed by atoms with E-state index in [0.717, 1.165) is 13.0 Å². The van der Waals surface area contributed by atoms with Crippen LogP contribution in [0.2, 0.25) is 0 Å². The Bertz CT molecular complexity index is 375. The smallest absolute Gasteiger partial charge is 0.284 e. The number of anilines is 1. The highest BCUT2D eigenvalue weighted by atomic mass is 32.1. The van der Waals surface area contributed by atoms with E-state index in [2.05, 4.69) is 15.5 Å². The predicted molar refractivity (Wildman–Crippen MR) is 60.8 cm³/mol. The Labute approximate surface area is 97.6 Å². The molecular weight excluding hydrogens is 228 g/mol. The van der Waals surface area contributed by atoms with Crippen LogP contribution < -0.4 is 5.32 Å². The van der Waals surface area contributed by atoms with Gasteiger partial charge in [-0.25, -0.2) is 0 Å².